The third-order valence-corrected chi connectivity index (χ3v) is 14.2. The first-order valence-electron chi connectivity index (χ1n) is 14.8. The van der Waals surface area contributed by atoms with Crippen LogP contribution in [0.5, 0.6) is 0 Å². The fourth-order valence-corrected chi connectivity index (χ4v) is 10.7. The Hall–Kier alpha value is -4.22. The summed E-state index contributed by atoms with van der Waals surface area (Å²) in [5, 5.41) is 32.2. The molecule has 12 nitrogen and oxygen atoms in total. The minimum atomic E-state index is -0.328. The molecule has 2 atom stereocenters. The molecule has 4 aromatic heterocycles. The zero-order valence-electron chi connectivity index (χ0n) is 26.4. The third-order valence-electron chi connectivity index (χ3n) is 6.99. The van der Waals surface area contributed by atoms with Crippen molar-refractivity contribution < 1.29 is 8.83 Å². The van der Waals surface area contributed by atoms with Crippen molar-refractivity contribution in [1.29, 1.82) is 0 Å². The molecule has 0 spiro atoms. The quantitative estimate of drug-likeness (QED) is 0.187. The second-order valence-corrected chi connectivity index (χ2v) is 19.0. The molecule has 0 saturated carbocycles. The van der Waals surface area contributed by atoms with E-state index in [-0.39, 0.29) is 23.2 Å². The topological polar surface area (TPSA) is 138 Å². The summed E-state index contributed by atoms with van der Waals surface area (Å²) in [6.45, 7) is 12.5. The third kappa shape index (κ3) is 7.26. The normalized spacial score (nSPS) is 13.4. The predicted octanol–water partition coefficient (Wildman–Crippen LogP) is 4.03. The maximum absolute atomic E-state index is 5.77. The van der Waals surface area contributed by atoms with Gasteiger partial charge in [-0.3, -0.25) is 0 Å². The van der Waals surface area contributed by atoms with Crippen molar-refractivity contribution in [2.24, 2.45) is 0 Å². The minimum absolute atomic E-state index is 0.278. The van der Waals surface area contributed by atoms with Gasteiger partial charge in [0.15, 0.2) is 0 Å². The SMILES string of the molecule is CC(C)(C)n1nnnc1C(Nc1ccc([Se][Se]c2ccc(NC(c3ccco3)c3nnnn3C(C)(C)C)cc2)cc1)c1ccco1. The summed E-state index contributed by atoms with van der Waals surface area (Å²) in [5.41, 5.74) is 1.38. The fourth-order valence-electron chi connectivity index (χ4n) is 4.78. The van der Waals surface area contributed by atoms with Crippen molar-refractivity contribution in [2.75, 3.05) is 10.6 Å². The standard InChI is InChI=1S/C32H36N10O2Se2/c1-31(2,3)41-29(35-37-39-41)27(25-9-7-19-43-25)33-21-11-15-23(16-12-21)45-46-24-17-13-22(14-18-24)34-28(26-10-8-20-44-26)30-36-38-40-42(30)32(4,5)6/h7-20,27-28,33-34H,1-6H3. The number of anilines is 2. The van der Waals surface area contributed by atoms with E-state index in [2.05, 4.69) is 132 Å². The van der Waals surface area contributed by atoms with Crippen LogP contribution in [0.25, 0.3) is 0 Å². The number of rotatable bonds is 11. The molecule has 0 radical (unpaired) electrons. The zero-order valence-corrected chi connectivity index (χ0v) is 29.9. The molecule has 0 amide bonds. The van der Waals surface area contributed by atoms with Crippen LogP contribution in [0.2, 0.25) is 0 Å². The molecule has 6 rings (SSSR count). The molecule has 46 heavy (non-hydrogen) atoms. The summed E-state index contributed by atoms with van der Waals surface area (Å²) >= 11 is 0.644. The Balaban J connectivity index is 1.11. The Bertz CT molecular complexity index is 1680. The Labute approximate surface area is 278 Å². The van der Waals surface area contributed by atoms with Crippen molar-refractivity contribution in [1.82, 2.24) is 40.4 Å². The van der Waals surface area contributed by atoms with Gasteiger partial charge in [0.2, 0.25) is 0 Å². The summed E-state index contributed by atoms with van der Waals surface area (Å²) in [4.78, 5) is 0. The molecule has 0 aliphatic carbocycles. The van der Waals surface area contributed by atoms with Crippen molar-refractivity contribution in [2.45, 2.75) is 64.7 Å². The second-order valence-electron chi connectivity index (χ2n) is 12.6. The van der Waals surface area contributed by atoms with E-state index in [4.69, 9.17) is 8.83 Å². The van der Waals surface area contributed by atoms with Gasteiger partial charge in [0.05, 0.1) is 0 Å². The van der Waals surface area contributed by atoms with E-state index in [9.17, 15) is 0 Å². The first-order valence-corrected chi connectivity index (χ1v) is 20.8. The predicted molar refractivity (Wildman–Crippen MR) is 178 cm³/mol. The number of hydrogen-bond donors (Lipinski definition) is 2. The summed E-state index contributed by atoms with van der Waals surface area (Å²) < 4.78 is 17.9. The fraction of sp³-hybridized carbons (Fsp3) is 0.312. The summed E-state index contributed by atoms with van der Waals surface area (Å²) in [7, 11) is 0. The van der Waals surface area contributed by atoms with Gasteiger partial charge in [-0.1, -0.05) is 0 Å². The molecule has 2 N–H and O–H groups in total. The molecule has 0 fully saturated rings. The monoisotopic (exact) mass is 752 g/mol. The summed E-state index contributed by atoms with van der Waals surface area (Å²) in [6, 6.07) is 24.2. The van der Waals surface area contributed by atoms with Crippen LogP contribution < -0.4 is 19.6 Å². The Morgan fingerprint density at radius 2 is 0.978 bits per heavy atom. The molecule has 6 aromatic rings. The zero-order chi connectivity index (χ0) is 32.3. The molecule has 238 valence electrons. The molecule has 14 heteroatoms. The molecular formula is C32H36N10O2Se2. The van der Waals surface area contributed by atoms with Crippen LogP contribution in [-0.2, 0) is 11.1 Å². The van der Waals surface area contributed by atoms with Gasteiger partial charge in [-0.05, 0) is 0 Å². The van der Waals surface area contributed by atoms with Gasteiger partial charge in [0.25, 0.3) is 0 Å². The Morgan fingerprint density at radius 3 is 1.30 bits per heavy atom. The molecule has 2 unspecified atom stereocenters. The van der Waals surface area contributed by atoms with Crippen LogP contribution in [0.4, 0.5) is 11.4 Å². The Kier molecular flexibility index (Phi) is 9.15. The molecule has 4 heterocycles. The van der Waals surface area contributed by atoms with Gasteiger partial charge >= 0.3 is 280 Å². The van der Waals surface area contributed by atoms with Crippen molar-refractivity contribution in [3.63, 3.8) is 0 Å². The number of benzene rings is 2. The average molecular weight is 751 g/mol. The van der Waals surface area contributed by atoms with Gasteiger partial charge in [0, 0.05) is 0 Å². The first kappa shape index (κ1) is 31.7. The number of aromatic nitrogens is 8. The number of hydrogen-bond acceptors (Lipinski definition) is 10. The van der Waals surface area contributed by atoms with E-state index in [0.29, 0.717) is 37.9 Å². The summed E-state index contributed by atoms with van der Waals surface area (Å²) in [5.74, 6) is 2.89. The molecule has 0 aliphatic rings. The summed E-state index contributed by atoms with van der Waals surface area (Å²) in [6.07, 6.45) is 3.33. The van der Waals surface area contributed by atoms with Crippen LogP contribution in [0.1, 0.15) is 76.8 Å². The van der Waals surface area contributed by atoms with E-state index in [1.54, 1.807) is 12.5 Å². The Morgan fingerprint density at radius 1 is 0.587 bits per heavy atom. The van der Waals surface area contributed by atoms with E-state index in [1.165, 1.54) is 8.92 Å². The molecule has 0 saturated heterocycles. The van der Waals surface area contributed by atoms with Gasteiger partial charge in [-0.15, -0.1) is 0 Å². The number of nitrogens with one attached hydrogen (secondary N) is 2. The van der Waals surface area contributed by atoms with Gasteiger partial charge in [0.1, 0.15) is 0 Å². The molecule has 0 aliphatic heterocycles. The van der Waals surface area contributed by atoms with Gasteiger partial charge < -0.3 is 0 Å². The van der Waals surface area contributed by atoms with E-state index in [1.807, 2.05) is 33.6 Å². The van der Waals surface area contributed by atoms with E-state index < -0.39 is 0 Å². The van der Waals surface area contributed by atoms with Crippen LogP contribution >= 0.6 is 0 Å². The van der Waals surface area contributed by atoms with Crippen LogP contribution in [0.15, 0.2) is 94.2 Å². The maximum atomic E-state index is 5.77. The van der Waals surface area contributed by atoms with E-state index >= 15 is 0 Å². The number of furan rings is 2. The second kappa shape index (κ2) is 13.3. The molecular weight excluding hydrogens is 714 g/mol. The van der Waals surface area contributed by atoms with Gasteiger partial charge in [-0.25, -0.2) is 0 Å². The average Bonchev–Trinajstić information content (AvgIpc) is 3.86. The molecule has 2 aromatic carbocycles. The van der Waals surface area contributed by atoms with Crippen molar-refractivity contribution in [3.8, 4) is 0 Å². The van der Waals surface area contributed by atoms with Crippen molar-refractivity contribution >= 4 is 46.6 Å². The van der Waals surface area contributed by atoms with Crippen LogP contribution in [0, 0.1) is 0 Å². The first-order chi connectivity index (χ1) is 22.1. The van der Waals surface area contributed by atoms with E-state index in [0.717, 1.165) is 22.9 Å². The van der Waals surface area contributed by atoms with Crippen LogP contribution in [0.3, 0.4) is 0 Å². The molecule has 0 bridgehead atoms. The number of tetrazole rings is 2. The van der Waals surface area contributed by atoms with Crippen LogP contribution in [-0.4, -0.2) is 66.7 Å². The van der Waals surface area contributed by atoms with Crippen molar-refractivity contribution in [3.05, 3.63) is 108 Å². The number of nitrogens with zero attached hydrogens (tertiary/aromatic N) is 8. The van der Waals surface area contributed by atoms with Gasteiger partial charge in [-0.2, -0.15) is 0 Å².